The number of fused-ring (bicyclic) bond motifs is 1. The molecule has 5 nitrogen and oxygen atoms in total. The molecule has 3 heterocycles. The summed E-state index contributed by atoms with van der Waals surface area (Å²) in [5.41, 5.74) is 5.72. The summed E-state index contributed by atoms with van der Waals surface area (Å²) in [5, 5.41) is 12.4. The number of rotatable bonds is 5. The molecule has 2 aliphatic rings. The van der Waals surface area contributed by atoms with Gasteiger partial charge in [-0.2, -0.15) is 5.10 Å². The van der Waals surface area contributed by atoms with Crippen LogP contribution >= 0.6 is 11.3 Å². The van der Waals surface area contributed by atoms with Crippen molar-refractivity contribution in [3.63, 3.8) is 0 Å². The van der Waals surface area contributed by atoms with Crippen molar-refractivity contribution in [2.24, 2.45) is 5.92 Å². The largest absolute Gasteiger partial charge is 0.354 e. The van der Waals surface area contributed by atoms with Crippen molar-refractivity contribution in [1.82, 2.24) is 20.5 Å². The fourth-order valence-corrected chi connectivity index (χ4v) is 4.15. The summed E-state index contributed by atoms with van der Waals surface area (Å²) in [6.45, 7) is 6.25. The number of hydrogen-bond donors (Lipinski definition) is 1. The fourth-order valence-electron chi connectivity index (χ4n) is 3.41. The zero-order valence-electron chi connectivity index (χ0n) is 13.6. The third-order valence-corrected chi connectivity index (χ3v) is 5.84. The lowest BCUT2D eigenvalue weighted by Crippen LogP contribution is -2.51. The predicted octanol–water partition coefficient (Wildman–Crippen LogP) is 2.35. The van der Waals surface area contributed by atoms with E-state index in [2.05, 4.69) is 38.4 Å². The third-order valence-electron chi connectivity index (χ3n) is 4.90. The third kappa shape index (κ3) is 3.23. The quantitative estimate of drug-likeness (QED) is 0.912. The first-order chi connectivity index (χ1) is 11.3. The van der Waals surface area contributed by atoms with Crippen molar-refractivity contribution in [3.05, 3.63) is 33.4 Å². The molecule has 0 spiro atoms. The van der Waals surface area contributed by atoms with Gasteiger partial charge in [0.1, 0.15) is 0 Å². The molecule has 2 aromatic heterocycles. The van der Waals surface area contributed by atoms with Crippen molar-refractivity contribution >= 4 is 17.2 Å². The van der Waals surface area contributed by atoms with Crippen molar-refractivity contribution in [2.75, 3.05) is 24.5 Å². The van der Waals surface area contributed by atoms with Gasteiger partial charge in [-0.3, -0.25) is 0 Å². The average molecular weight is 329 g/mol. The number of nitrogens with zero attached hydrogens (tertiary/aromatic N) is 4. The van der Waals surface area contributed by atoms with Crippen LogP contribution in [-0.4, -0.2) is 34.8 Å². The van der Waals surface area contributed by atoms with E-state index in [1.165, 1.54) is 35.4 Å². The molecule has 1 N–H and O–H groups in total. The molecule has 1 fully saturated rings. The second kappa shape index (κ2) is 6.53. The van der Waals surface area contributed by atoms with Gasteiger partial charge in [0.2, 0.25) is 0 Å². The van der Waals surface area contributed by atoms with Crippen LogP contribution in [0.5, 0.6) is 0 Å². The topological polar surface area (TPSA) is 53.9 Å². The van der Waals surface area contributed by atoms with Crippen LogP contribution in [0.1, 0.15) is 34.7 Å². The Hall–Kier alpha value is -1.53. The van der Waals surface area contributed by atoms with Crippen molar-refractivity contribution < 1.29 is 0 Å². The number of hydrogen-bond acceptors (Lipinski definition) is 6. The highest BCUT2D eigenvalue weighted by Gasteiger charge is 2.28. The molecule has 0 radical (unpaired) electrons. The van der Waals surface area contributed by atoms with E-state index in [1.807, 2.05) is 5.51 Å². The summed E-state index contributed by atoms with van der Waals surface area (Å²) in [6.07, 6.45) is 4.83. The molecule has 23 heavy (non-hydrogen) atoms. The molecule has 4 rings (SSSR count). The molecule has 0 atom stereocenters. The van der Waals surface area contributed by atoms with E-state index in [1.54, 1.807) is 11.3 Å². The molecule has 122 valence electrons. The Morgan fingerprint density at radius 3 is 2.96 bits per heavy atom. The predicted molar refractivity (Wildman–Crippen MR) is 92.9 cm³/mol. The molecule has 1 aliphatic heterocycles. The number of aryl methyl sites for hydroxylation is 3. The van der Waals surface area contributed by atoms with E-state index in [0.29, 0.717) is 5.92 Å². The van der Waals surface area contributed by atoms with Gasteiger partial charge in [-0.15, -0.1) is 16.4 Å². The van der Waals surface area contributed by atoms with Crippen LogP contribution in [0.25, 0.3) is 0 Å². The lowest BCUT2D eigenvalue weighted by atomic mass is 9.95. The van der Waals surface area contributed by atoms with E-state index in [4.69, 9.17) is 0 Å². The molecule has 2 aromatic rings. The highest BCUT2D eigenvalue weighted by Crippen LogP contribution is 2.26. The van der Waals surface area contributed by atoms with Gasteiger partial charge in [0.15, 0.2) is 5.82 Å². The van der Waals surface area contributed by atoms with Crippen molar-refractivity contribution in [1.29, 1.82) is 0 Å². The van der Waals surface area contributed by atoms with E-state index >= 15 is 0 Å². The first-order valence-corrected chi connectivity index (χ1v) is 9.37. The maximum atomic E-state index is 4.44. The number of aromatic nitrogens is 3. The number of anilines is 1. The van der Waals surface area contributed by atoms with Crippen LogP contribution in [0.2, 0.25) is 0 Å². The van der Waals surface area contributed by atoms with Gasteiger partial charge in [-0.05, 0) is 44.2 Å². The zero-order valence-corrected chi connectivity index (χ0v) is 14.4. The monoisotopic (exact) mass is 329 g/mol. The van der Waals surface area contributed by atoms with E-state index in [0.717, 1.165) is 44.1 Å². The molecule has 6 heteroatoms. The SMILES string of the molecule is Cc1ncsc1CNCC1CN(c2cc3c(nn2)CCCC3)C1. The maximum absolute atomic E-state index is 4.44. The Balaban J connectivity index is 1.26. The molecular formula is C17H23N5S. The first-order valence-electron chi connectivity index (χ1n) is 8.49. The summed E-state index contributed by atoms with van der Waals surface area (Å²) >= 11 is 1.73. The van der Waals surface area contributed by atoms with E-state index in [-0.39, 0.29) is 0 Å². The average Bonchev–Trinajstić information content (AvgIpc) is 2.94. The molecule has 0 aromatic carbocycles. The fraction of sp³-hybridized carbons (Fsp3) is 0.588. The highest BCUT2D eigenvalue weighted by atomic mass is 32.1. The van der Waals surface area contributed by atoms with Gasteiger partial charge >= 0.3 is 0 Å². The van der Waals surface area contributed by atoms with E-state index in [9.17, 15) is 0 Å². The lowest BCUT2D eigenvalue weighted by molar-refractivity contribution is 0.381. The van der Waals surface area contributed by atoms with Gasteiger partial charge in [-0.25, -0.2) is 4.98 Å². The van der Waals surface area contributed by atoms with Crippen LogP contribution in [0.4, 0.5) is 5.82 Å². The van der Waals surface area contributed by atoms with Crippen LogP contribution in [0, 0.1) is 12.8 Å². The minimum absolute atomic E-state index is 0.709. The highest BCUT2D eigenvalue weighted by molar-refractivity contribution is 7.09. The Morgan fingerprint density at radius 2 is 2.13 bits per heavy atom. The van der Waals surface area contributed by atoms with Gasteiger partial charge in [0.05, 0.1) is 16.9 Å². The van der Waals surface area contributed by atoms with Gasteiger partial charge in [0.25, 0.3) is 0 Å². The maximum Gasteiger partial charge on any atom is 0.151 e. The van der Waals surface area contributed by atoms with Gasteiger partial charge in [-0.1, -0.05) is 0 Å². The van der Waals surface area contributed by atoms with E-state index < -0.39 is 0 Å². The van der Waals surface area contributed by atoms with Crippen molar-refractivity contribution in [2.45, 2.75) is 39.2 Å². The van der Waals surface area contributed by atoms with Gasteiger partial charge in [0, 0.05) is 37.0 Å². The van der Waals surface area contributed by atoms with Crippen LogP contribution < -0.4 is 10.2 Å². The molecule has 0 bridgehead atoms. The summed E-state index contributed by atoms with van der Waals surface area (Å²) in [5.74, 6) is 1.78. The molecule has 0 saturated carbocycles. The normalized spacial score (nSPS) is 17.9. The Kier molecular flexibility index (Phi) is 4.27. The van der Waals surface area contributed by atoms with Crippen LogP contribution in [-0.2, 0) is 19.4 Å². The van der Waals surface area contributed by atoms with Crippen molar-refractivity contribution in [3.8, 4) is 0 Å². The molecule has 0 unspecified atom stereocenters. The number of nitrogens with one attached hydrogen (secondary N) is 1. The molecular weight excluding hydrogens is 306 g/mol. The second-order valence-electron chi connectivity index (χ2n) is 6.64. The zero-order chi connectivity index (χ0) is 15.6. The smallest absolute Gasteiger partial charge is 0.151 e. The lowest BCUT2D eigenvalue weighted by Gasteiger charge is -2.40. The standard InChI is InChI=1S/C17H23N5S/c1-12-16(23-11-19-12)8-18-7-13-9-22(10-13)17-6-14-4-2-3-5-15(14)20-21-17/h6,11,13,18H,2-5,7-10H2,1H3. The minimum atomic E-state index is 0.709. The van der Waals surface area contributed by atoms with Gasteiger partial charge < -0.3 is 10.2 Å². The second-order valence-corrected chi connectivity index (χ2v) is 7.58. The molecule has 1 aliphatic carbocycles. The summed E-state index contributed by atoms with van der Waals surface area (Å²) in [4.78, 5) is 7.99. The summed E-state index contributed by atoms with van der Waals surface area (Å²) in [7, 11) is 0. The Bertz CT molecular complexity index is 677. The summed E-state index contributed by atoms with van der Waals surface area (Å²) in [6, 6.07) is 2.27. The molecule has 1 saturated heterocycles. The Labute approximate surface area is 141 Å². The Morgan fingerprint density at radius 1 is 1.26 bits per heavy atom. The molecule has 0 amide bonds. The number of thiazole rings is 1. The minimum Gasteiger partial charge on any atom is -0.354 e. The summed E-state index contributed by atoms with van der Waals surface area (Å²) < 4.78 is 0. The van der Waals surface area contributed by atoms with Crippen LogP contribution in [0.3, 0.4) is 0 Å². The first kappa shape index (κ1) is 15.0. The van der Waals surface area contributed by atoms with Crippen LogP contribution in [0.15, 0.2) is 11.6 Å².